The summed E-state index contributed by atoms with van der Waals surface area (Å²) in [6.07, 6.45) is 0. The van der Waals surface area contributed by atoms with Crippen LogP contribution in [0.25, 0.3) is 0 Å². The minimum absolute atomic E-state index is 0.286. The quantitative estimate of drug-likeness (QED) is 0.198. The number of hydrazine groups is 2. The fourth-order valence-corrected chi connectivity index (χ4v) is 3.30. The van der Waals surface area contributed by atoms with Gasteiger partial charge in [0.15, 0.2) is 0 Å². The number of anilines is 2. The highest BCUT2D eigenvalue weighted by atomic mass is 35.5. The van der Waals surface area contributed by atoms with Gasteiger partial charge < -0.3 is 10.6 Å². The molecule has 34 heavy (non-hydrogen) atoms. The van der Waals surface area contributed by atoms with Crippen LogP contribution >= 0.6 is 46.4 Å². The number of hydrogen-bond acceptors (Lipinski definition) is 4. The van der Waals surface area contributed by atoms with Gasteiger partial charge in [0.25, 0.3) is 0 Å². The first-order chi connectivity index (χ1) is 16.3. The second kappa shape index (κ2) is 12.4. The molecule has 12 heteroatoms. The number of carbonyl (C=O) groups excluding carboxylic acids is 2. The minimum atomic E-state index is -0.428. The van der Waals surface area contributed by atoms with Crippen molar-refractivity contribution >= 4 is 69.8 Å². The maximum atomic E-state index is 12.0. The van der Waals surface area contributed by atoms with E-state index in [0.717, 1.165) is 11.1 Å². The van der Waals surface area contributed by atoms with Gasteiger partial charge in [0, 0.05) is 13.1 Å². The summed E-state index contributed by atoms with van der Waals surface area (Å²) in [7, 11) is 0. The molecule has 0 heterocycles. The zero-order chi connectivity index (χ0) is 24.5. The number of benzene rings is 3. The molecule has 0 spiro atoms. The maximum Gasteiger partial charge on any atom is 0.333 e. The number of rotatable bonds is 8. The first-order valence-electron chi connectivity index (χ1n) is 9.88. The van der Waals surface area contributed by atoms with E-state index in [1.807, 2.05) is 24.3 Å². The van der Waals surface area contributed by atoms with Gasteiger partial charge in [-0.3, -0.25) is 21.7 Å². The Labute approximate surface area is 216 Å². The summed E-state index contributed by atoms with van der Waals surface area (Å²) < 4.78 is 0. The van der Waals surface area contributed by atoms with Gasteiger partial charge in [-0.2, -0.15) is 0 Å². The Morgan fingerprint density at radius 3 is 1.44 bits per heavy atom. The van der Waals surface area contributed by atoms with Crippen LogP contribution in [-0.2, 0) is 13.1 Å². The third kappa shape index (κ3) is 8.07. The molecule has 4 amide bonds. The average molecular weight is 542 g/mol. The molecule has 0 aliphatic rings. The smallest absolute Gasteiger partial charge is 0.333 e. The van der Waals surface area contributed by atoms with E-state index in [1.165, 1.54) is 0 Å². The molecule has 0 saturated carbocycles. The minimum Gasteiger partial charge on any atom is -0.333 e. The van der Waals surface area contributed by atoms with Gasteiger partial charge in [-0.05, 0) is 47.5 Å². The second-order valence-electron chi connectivity index (χ2n) is 6.94. The second-order valence-corrected chi connectivity index (χ2v) is 8.57. The lowest BCUT2D eigenvalue weighted by atomic mass is 10.1. The van der Waals surface area contributed by atoms with Gasteiger partial charge in [-0.1, -0.05) is 70.7 Å². The van der Waals surface area contributed by atoms with E-state index in [0.29, 0.717) is 31.5 Å². The Bertz CT molecular complexity index is 1090. The summed E-state index contributed by atoms with van der Waals surface area (Å²) in [6, 6.07) is 16.4. The standard InChI is InChI=1S/C22H20Cl4N6O2/c23-17-6-4-15(9-19(17)25)29-31-21(33)27-11-13-2-1-3-14(8-13)12-28-22(34)32-30-16-5-7-18(24)20(26)10-16/h1-10,29-30H,11-12H2,(H2,27,31,33)(H2,28,32,34). The Morgan fingerprint density at radius 1 is 0.588 bits per heavy atom. The Hall–Kier alpha value is -3.04. The molecule has 0 atom stereocenters. The van der Waals surface area contributed by atoms with Crippen molar-refractivity contribution in [2.45, 2.75) is 13.1 Å². The predicted molar refractivity (Wildman–Crippen MR) is 137 cm³/mol. The van der Waals surface area contributed by atoms with Gasteiger partial charge in [-0.15, -0.1) is 0 Å². The molecule has 0 bridgehead atoms. The van der Waals surface area contributed by atoms with Gasteiger partial charge in [0.1, 0.15) is 0 Å². The Morgan fingerprint density at radius 2 is 1.03 bits per heavy atom. The van der Waals surface area contributed by atoms with Crippen molar-refractivity contribution in [1.82, 2.24) is 21.5 Å². The molecule has 0 aliphatic heterocycles. The zero-order valence-electron chi connectivity index (χ0n) is 17.5. The van der Waals surface area contributed by atoms with Crippen molar-refractivity contribution in [3.8, 4) is 0 Å². The molecule has 3 aromatic carbocycles. The van der Waals surface area contributed by atoms with Crippen molar-refractivity contribution in [1.29, 1.82) is 0 Å². The first-order valence-corrected chi connectivity index (χ1v) is 11.4. The first kappa shape index (κ1) is 25.6. The van der Waals surface area contributed by atoms with E-state index in [9.17, 15) is 9.59 Å². The molecule has 0 saturated heterocycles. The largest absolute Gasteiger partial charge is 0.333 e. The molecule has 6 N–H and O–H groups in total. The molecular formula is C22H20Cl4N6O2. The topological polar surface area (TPSA) is 106 Å². The molecule has 0 unspecified atom stereocenters. The van der Waals surface area contributed by atoms with Crippen LogP contribution in [-0.4, -0.2) is 12.1 Å². The van der Waals surface area contributed by atoms with E-state index in [-0.39, 0.29) is 13.1 Å². The highest BCUT2D eigenvalue weighted by Crippen LogP contribution is 2.25. The molecular weight excluding hydrogens is 522 g/mol. The van der Waals surface area contributed by atoms with E-state index in [2.05, 4.69) is 32.3 Å². The van der Waals surface area contributed by atoms with Crippen molar-refractivity contribution < 1.29 is 9.59 Å². The van der Waals surface area contributed by atoms with E-state index >= 15 is 0 Å². The van der Waals surface area contributed by atoms with Crippen LogP contribution in [0, 0.1) is 0 Å². The summed E-state index contributed by atoms with van der Waals surface area (Å²) in [5.41, 5.74) is 13.4. The number of urea groups is 2. The summed E-state index contributed by atoms with van der Waals surface area (Å²) in [6.45, 7) is 0.571. The van der Waals surface area contributed by atoms with E-state index < -0.39 is 12.1 Å². The van der Waals surface area contributed by atoms with Gasteiger partial charge in [-0.25, -0.2) is 9.59 Å². The normalized spacial score (nSPS) is 10.2. The zero-order valence-corrected chi connectivity index (χ0v) is 20.5. The monoisotopic (exact) mass is 540 g/mol. The fraction of sp³-hybridized carbons (Fsp3) is 0.0909. The number of amides is 4. The van der Waals surface area contributed by atoms with Crippen molar-refractivity contribution in [3.63, 3.8) is 0 Å². The van der Waals surface area contributed by atoms with Crippen LogP contribution < -0.4 is 32.3 Å². The van der Waals surface area contributed by atoms with Gasteiger partial charge >= 0.3 is 12.1 Å². The molecule has 0 fully saturated rings. The summed E-state index contributed by atoms with van der Waals surface area (Å²) in [5.74, 6) is 0. The highest BCUT2D eigenvalue weighted by molar-refractivity contribution is 6.42. The molecule has 0 aliphatic carbocycles. The lowest BCUT2D eigenvalue weighted by Gasteiger charge is -2.12. The maximum absolute atomic E-state index is 12.0. The summed E-state index contributed by atoms with van der Waals surface area (Å²) in [5, 5.41) is 7.06. The lowest BCUT2D eigenvalue weighted by Crippen LogP contribution is -2.39. The molecule has 3 rings (SSSR count). The van der Waals surface area contributed by atoms with Crippen LogP contribution in [0.5, 0.6) is 0 Å². The highest BCUT2D eigenvalue weighted by Gasteiger charge is 2.05. The lowest BCUT2D eigenvalue weighted by molar-refractivity contribution is 0.241. The number of nitrogens with one attached hydrogen (secondary N) is 6. The molecule has 3 aromatic rings. The SMILES string of the molecule is O=C(NCc1cccc(CNC(=O)NNc2ccc(Cl)c(Cl)c2)c1)NNc1ccc(Cl)c(Cl)c1. The molecule has 178 valence electrons. The van der Waals surface area contributed by atoms with E-state index in [1.54, 1.807) is 36.4 Å². The third-order valence-electron chi connectivity index (χ3n) is 4.38. The predicted octanol–water partition coefficient (Wildman–Crippen LogP) is 5.95. The van der Waals surface area contributed by atoms with Gasteiger partial charge in [0.2, 0.25) is 0 Å². The Kier molecular flexibility index (Phi) is 9.35. The van der Waals surface area contributed by atoms with Crippen LogP contribution in [0.2, 0.25) is 20.1 Å². The van der Waals surface area contributed by atoms with E-state index in [4.69, 9.17) is 46.4 Å². The van der Waals surface area contributed by atoms with Crippen LogP contribution in [0.15, 0.2) is 60.7 Å². The third-order valence-corrected chi connectivity index (χ3v) is 5.86. The number of halogens is 4. The van der Waals surface area contributed by atoms with Crippen molar-refractivity contribution in [2.24, 2.45) is 0 Å². The fourth-order valence-electron chi connectivity index (χ4n) is 2.71. The number of carbonyl (C=O) groups is 2. The van der Waals surface area contributed by atoms with Crippen LogP contribution in [0.3, 0.4) is 0 Å². The molecule has 8 nitrogen and oxygen atoms in total. The number of hydrogen-bond donors (Lipinski definition) is 6. The van der Waals surface area contributed by atoms with Crippen LogP contribution in [0.4, 0.5) is 21.0 Å². The summed E-state index contributed by atoms with van der Waals surface area (Å²) in [4.78, 5) is 24.1. The Balaban J connectivity index is 1.40. The average Bonchev–Trinajstić information content (AvgIpc) is 2.83. The van der Waals surface area contributed by atoms with Gasteiger partial charge in [0.05, 0.1) is 31.5 Å². The van der Waals surface area contributed by atoms with Crippen molar-refractivity contribution in [2.75, 3.05) is 10.9 Å². The summed E-state index contributed by atoms with van der Waals surface area (Å²) >= 11 is 23.6. The molecule has 0 radical (unpaired) electrons. The van der Waals surface area contributed by atoms with Crippen LogP contribution in [0.1, 0.15) is 11.1 Å². The van der Waals surface area contributed by atoms with Crippen molar-refractivity contribution in [3.05, 3.63) is 91.9 Å². The molecule has 0 aromatic heterocycles.